The third-order valence-corrected chi connectivity index (χ3v) is 2.27. The molecule has 0 unspecified atom stereocenters. The van der Waals surface area contributed by atoms with Gasteiger partial charge in [0.25, 0.3) is 0 Å². The Labute approximate surface area is 111 Å². The summed E-state index contributed by atoms with van der Waals surface area (Å²) < 4.78 is 10.5. The fraction of sp³-hybridized carbons (Fsp3) is 0.417. The Morgan fingerprint density at radius 1 is 1.53 bits per heavy atom. The number of hydrogen-bond acceptors (Lipinski definition) is 6. The highest BCUT2D eigenvalue weighted by Crippen LogP contribution is 2.38. The zero-order valence-electron chi connectivity index (χ0n) is 11.2. The lowest BCUT2D eigenvalue weighted by atomic mass is 10.2. The molecule has 1 aromatic rings. The van der Waals surface area contributed by atoms with E-state index in [4.69, 9.17) is 9.47 Å². The van der Waals surface area contributed by atoms with Gasteiger partial charge in [-0.1, -0.05) is 6.92 Å². The second-order valence-electron chi connectivity index (χ2n) is 3.66. The maximum absolute atomic E-state index is 11.1. The second kappa shape index (κ2) is 7.20. The molecular formula is C12H17N3O4. The Morgan fingerprint density at radius 2 is 2.26 bits per heavy atom. The van der Waals surface area contributed by atoms with Crippen LogP contribution in [0.3, 0.4) is 0 Å². The Balaban J connectivity index is 3.27. The largest absolute Gasteiger partial charge is 0.493 e. The smallest absolute Gasteiger partial charge is 0.315 e. The van der Waals surface area contributed by atoms with Gasteiger partial charge in [-0.25, -0.2) is 0 Å². The molecule has 1 rings (SSSR count). The van der Waals surface area contributed by atoms with Crippen molar-refractivity contribution in [1.29, 1.82) is 0 Å². The SMILES string of the molecule is CCCOc1c(OC)cc(/C=N/NC)cc1[N+](=O)[O-]. The number of hydrazone groups is 1. The highest BCUT2D eigenvalue weighted by atomic mass is 16.6. The molecule has 0 aromatic heterocycles. The molecule has 0 fully saturated rings. The highest BCUT2D eigenvalue weighted by Gasteiger charge is 2.21. The van der Waals surface area contributed by atoms with Gasteiger partial charge in [0, 0.05) is 18.7 Å². The summed E-state index contributed by atoms with van der Waals surface area (Å²) in [6.45, 7) is 2.31. The zero-order valence-corrected chi connectivity index (χ0v) is 11.2. The first-order valence-electron chi connectivity index (χ1n) is 5.83. The lowest BCUT2D eigenvalue weighted by Gasteiger charge is -2.11. The minimum absolute atomic E-state index is 0.134. The summed E-state index contributed by atoms with van der Waals surface area (Å²) >= 11 is 0. The van der Waals surface area contributed by atoms with Gasteiger partial charge in [0.2, 0.25) is 5.75 Å². The summed E-state index contributed by atoms with van der Waals surface area (Å²) in [5.74, 6) is 0.469. The van der Waals surface area contributed by atoms with E-state index >= 15 is 0 Å². The van der Waals surface area contributed by atoms with Gasteiger partial charge < -0.3 is 14.9 Å². The normalized spacial score (nSPS) is 10.5. The summed E-state index contributed by atoms with van der Waals surface area (Å²) in [6.07, 6.45) is 2.22. The van der Waals surface area contributed by atoms with Crippen LogP contribution in [0.2, 0.25) is 0 Å². The molecule has 0 spiro atoms. The van der Waals surface area contributed by atoms with Gasteiger partial charge >= 0.3 is 5.69 Å². The number of methoxy groups -OCH3 is 1. The van der Waals surface area contributed by atoms with E-state index in [-0.39, 0.29) is 11.4 Å². The average molecular weight is 267 g/mol. The van der Waals surface area contributed by atoms with Gasteiger partial charge in [0.1, 0.15) is 0 Å². The summed E-state index contributed by atoms with van der Waals surface area (Å²) in [6, 6.07) is 3.03. The van der Waals surface area contributed by atoms with Crippen LogP contribution in [0, 0.1) is 10.1 Å². The van der Waals surface area contributed by atoms with Crippen molar-refractivity contribution in [2.24, 2.45) is 5.10 Å². The van der Waals surface area contributed by atoms with E-state index < -0.39 is 4.92 Å². The molecule has 0 aliphatic carbocycles. The molecule has 0 atom stereocenters. The minimum Gasteiger partial charge on any atom is -0.493 e. The van der Waals surface area contributed by atoms with Gasteiger partial charge in [-0.2, -0.15) is 5.10 Å². The van der Waals surface area contributed by atoms with Gasteiger partial charge in [0.15, 0.2) is 5.75 Å². The number of nitrogens with one attached hydrogen (secondary N) is 1. The zero-order chi connectivity index (χ0) is 14.3. The van der Waals surface area contributed by atoms with Crippen LogP contribution in [-0.2, 0) is 0 Å². The molecule has 1 aromatic carbocycles. The van der Waals surface area contributed by atoms with Crippen molar-refractivity contribution in [3.63, 3.8) is 0 Å². The molecule has 7 heteroatoms. The molecule has 0 amide bonds. The van der Waals surface area contributed by atoms with Crippen LogP contribution < -0.4 is 14.9 Å². The predicted molar refractivity (Wildman–Crippen MR) is 72.1 cm³/mol. The summed E-state index contributed by atoms with van der Waals surface area (Å²) in [7, 11) is 3.08. The first-order chi connectivity index (χ1) is 9.13. The van der Waals surface area contributed by atoms with Crippen molar-refractivity contribution in [3.8, 4) is 11.5 Å². The number of rotatable bonds is 7. The topological polar surface area (TPSA) is 86.0 Å². The summed E-state index contributed by atoms with van der Waals surface area (Å²) in [5.41, 5.74) is 3.00. The van der Waals surface area contributed by atoms with Crippen LogP contribution in [-0.4, -0.2) is 31.9 Å². The van der Waals surface area contributed by atoms with Crippen molar-refractivity contribution >= 4 is 11.9 Å². The first kappa shape index (κ1) is 14.7. The summed E-state index contributed by atoms with van der Waals surface area (Å²) in [5, 5.41) is 14.9. The van der Waals surface area contributed by atoms with Gasteiger partial charge in [0.05, 0.1) is 24.9 Å². The monoisotopic (exact) mass is 267 g/mol. The highest BCUT2D eigenvalue weighted by molar-refractivity contribution is 5.83. The number of nitro benzene ring substituents is 1. The molecule has 0 heterocycles. The van der Waals surface area contributed by atoms with Gasteiger partial charge in [-0.05, 0) is 12.5 Å². The maximum Gasteiger partial charge on any atom is 0.315 e. The quantitative estimate of drug-likeness (QED) is 0.463. The van der Waals surface area contributed by atoms with Crippen LogP contribution in [0.15, 0.2) is 17.2 Å². The van der Waals surface area contributed by atoms with E-state index in [0.717, 1.165) is 6.42 Å². The molecule has 0 aliphatic heterocycles. The molecule has 0 saturated heterocycles. The number of nitro groups is 1. The van der Waals surface area contributed by atoms with E-state index in [1.54, 1.807) is 13.1 Å². The molecule has 0 bridgehead atoms. The Bertz CT molecular complexity index is 474. The molecule has 0 radical (unpaired) electrons. The van der Waals surface area contributed by atoms with Crippen molar-refractivity contribution in [2.45, 2.75) is 13.3 Å². The average Bonchev–Trinajstić information content (AvgIpc) is 2.42. The Morgan fingerprint density at radius 3 is 2.79 bits per heavy atom. The van der Waals surface area contributed by atoms with Crippen molar-refractivity contribution in [2.75, 3.05) is 20.8 Å². The van der Waals surface area contributed by atoms with Crippen molar-refractivity contribution in [1.82, 2.24) is 5.43 Å². The number of ether oxygens (including phenoxy) is 2. The number of nitrogens with zero attached hydrogens (tertiary/aromatic N) is 2. The summed E-state index contributed by atoms with van der Waals surface area (Å²) in [4.78, 5) is 10.6. The maximum atomic E-state index is 11.1. The Kier molecular flexibility index (Phi) is 5.59. The number of benzene rings is 1. The van der Waals surface area contributed by atoms with E-state index in [0.29, 0.717) is 17.9 Å². The van der Waals surface area contributed by atoms with Crippen LogP contribution >= 0.6 is 0 Å². The lowest BCUT2D eigenvalue weighted by molar-refractivity contribution is -0.386. The molecular weight excluding hydrogens is 250 g/mol. The molecule has 104 valence electrons. The van der Waals surface area contributed by atoms with E-state index in [1.165, 1.54) is 19.4 Å². The number of hydrogen-bond donors (Lipinski definition) is 1. The Hall–Kier alpha value is -2.31. The lowest BCUT2D eigenvalue weighted by Crippen LogP contribution is -2.03. The van der Waals surface area contributed by atoms with Gasteiger partial charge in [-0.3, -0.25) is 10.1 Å². The van der Waals surface area contributed by atoms with Crippen LogP contribution in [0.4, 0.5) is 5.69 Å². The van der Waals surface area contributed by atoms with Crippen molar-refractivity contribution in [3.05, 3.63) is 27.8 Å². The van der Waals surface area contributed by atoms with Crippen LogP contribution in [0.5, 0.6) is 11.5 Å². The predicted octanol–water partition coefficient (Wildman–Crippen LogP) is 1.95. The fourth-order valence-electron chi connectivity index (χ4n) is 1.46. The fourth-order valence-corrected chi connectivity index (χ4v) is 1.46. The first-order valence-corrected chi connectivity index (χ1v) is 5.83. The van der Waals surface area contributed by atoms with Crippen molar-refractivity contribution < 1.29 is 14.4 Å². The molecule has 19 heavy (non-hydrogen) atoms. The second-order valence-corrected chi connectivity index (χ2v) is 3.66. The molecule has 0 saturated carbocycles. The molecule has 7 nitrogen and oxygen atoms in total. The molecule has 1 N–H and O–H groups in total. The van der Waals surface area contributed by atoms with E-state index in [9.17, 15) is 10.1 Å². The van der Waals surface area contributed by atoms with Gasteiger partial charge in [-0.15, -0.1) is 0 Å². The van der Waals surface area contributed by atoms with Crippen LogP contribution in [0.1, 0.15) is 18.9 Å². The molecule has 0 aliphatic rings. The van der Waals surface area contributed by atoms with E-state index in [2.05, 4.69) is 10.5 Å². The minimum atomic E-state index is -0.496. The third-order valence-electron chi connectivity index (χ3n) is 2.27. The standard InChI is InChI=1S/C12H17N3O4/c1-4-5-19-12-10(15(16)17)6-9(8-14-13-2)7-11(12)18-3/h6-8,13H,4-5H2,1-3H3/b14-8+. The third kappa shape index (κ3) is 3.84. The van der Waals surface area contributed by atoms with Crippen LogP contribution in [0.25, 0.3) is 0 Å². The van der Waals surface area contributed by atoms with E-state index in [1.807, 2.05) is 6.92 Å².